The number of carbonyl (C=O) groups excluding carboxylic acids is 1. The lowest BCUT2D eigenvalue weighted by Gasteiger charge is -2.28. The van der Waals surface area contributed by atoms with Crippen molar-refractivity contribution in [2.45, 2.75) is 0 Å². The van der Waals surface area contributed by atoms with E-state index in [2.05, 4.69) is 9.89 Å². The molecule has 4 heteroatoms. The first-order chi connectivity index (χ1) is 10.8. The smallest absolute Gasteiger partial charge is 0.228 e. The van der Waals surface area contributed by atoms with Crippen LogP contribution in [-0.4, -0.2) is 41.1 Å². The lowest BCUT2D eigenvalue weighted by atomic mass is 10.1. The molecule has 112 valence electrons. The number of hydrogen-bond donors (Lipinski definition) is 0. The van der Waals surface area contributed by atoms with E-state index in [0.29, 0.717) is 11.4 Å². The summed E-state index contributed by atoms with van der Waals surface area (Å²) in [5.74, 6) is 2.63. The highest BCUT2D eigenvalue weighted by Gasteiger charge is 2.22. The maximum absolute atomic E-state index is 12.9. The Morgan fingerprint density at radius 3 is 2.14 bits per heavy atom. The minimum absolute atomic E-state index is 0.00338. The Bertz CT molecular complexity index is 649. The van der Waals surface area contributed by atoms with Crippen molar-refractivity contribution >= 4 is 29.1 Å². The monoisotopic (exact) mass is 310 g/mol. The van der Waals surface area contributed by atoms with Gasteiger partial charge in [-0.15, -0.1) is 0 Å². The van der Waals surface area contributed by atoms with Crippen molar-refractivity contribution in [1.29, 1.82) is 0 Å². The molecule has 0 aliphatic carbocycles. The quantitative estimate of drug-likeness (QED) is 0.493. The van der Waals surface area contributed by atoms with Crippen LogP contribution in [0.1, 0.15) is 10.4 Å². The van der Waals surface area contributed by atoms with E-state index in [9.17, 15) is 4.79 Å². The Kier molecular flexibility index (Phi) is 4.91. The van der Waals surface area contributed by atoms with Crippen LogP contribution in [0.4, 0.5) is 5.69 Å². The molecule has 1 fully saturated rings. The van der Waals surface area contributed by atoms with Gasteiger partial charge in [0.05, 0.1) is 5.69 Å². The van der Waals surface area contributed by atoms with E-state index < -0.39 is 0 Å². The lowest BCUT2D eigenvalue weighted by molar-refractivity contribution is 0.105. The number of carbonyl (C=O) groups is 1. The molecule has 2 aromatic rings. The van der Waals surface area contributed by atoms with Crippen LogP contribution in [0.25, 0.3) is 0 Å². The lowest BCUT2D eigenvalue weighted by Crippen LogP contribution is -2.42. The summed E-state index contributed by atoms with van der Waals surface area (Å²) in [5, 5.41) is 0. The van der Waals surface area contributed by atoms with Crippen LogP contribution in [-0.2, 0) is 0 Å². The highest BCUT2D eigenvalue weighted by molar-refractivity contribution is 7.99. The van der Waals surface area contributed by atoms with E-state index in [1.807, 2.05) is 72.4 Å². The maximum atomic E-state index is 12.9. The number of aliphatic imine (C=N–C) groups is 1. The number of thioether (sulfide) groups is 1. The van der Waals surface area contributed by atoms with Crippen LogP contribution < -0.4 is 0 Å². The fraction of sp³-hybridized carbons (Fsp3) is 0.222. The van der Waals surface area contributed by atoms with Crippen molar-refractivity contribution < 1.29 is 4.79 Å². The molecule has 1 aliphatic rings. The second-order valence-corrected chi connectivity index (χ2v) is 6.29. The van der Waals surface area contributed by atoms with Crippen LogP contribution in [0, 0.1) is 0 Å². The van der Waals surface area contributed by atoms with Crippen LogP contribution in [0.5, 0.6) is 0 Å². The first kappa shape index (κ1) is 14.9. The summed E-state index contributed by atoms with van der Waals surface area (Å²) in [4.78, 5) is 19.6. The van der Waals surface area contributed by atoms with Gasteiger partial charge in [0.15, 0.2) is 5.84 Å². The number of para-hydroxylation sites is 1. The molecule has 1 saturated heterocycles. The molecule has 0 N–H and O–H groups in total. The third-order valence-corrected chi connectivity index (χ3v) is 4.48. The van der Waals surface area contributed by atoms with E-state index in [1.165, 1.54) is 0 Å². The summed E-state index contributed by atoms with van der Waals surface area (Å²) in [6.07, 6.45) is 0. The van der Waals surface area contributed by atoms with Crippen LogP contribution >= 0.6 is 11.8 Å². The Labute approximate surface area is 135 Å². The van der Waals surface area contributed by atoms with Crippen molar-refractivity contribution in [3.8, 4) is 0 Å². The molecule has 0 saturated carbocycles. The van der Waals surface area contributed by atoms with Gasteiger partial charge in [-0.05, 0) is 12.1 Å². The van der Waals surface area contributed by atoms with Gasteiger partial charge in [0.25, 0.3) is 0 Å². The average Bonchev–Trinajstić information content (AvgIpc) is 2.61. The van der Waals surface area contributed by atoms with Crippen LogP contribution in [0.15, 0.2) is 65.7 Å². The number of nitrogens with zero attached hydrogens (tertiary/aromatic N) is 2. The van der Waals surface area contributed by atoms with Crippen LogP contribution in [0.2, 0.25) is 0 Å². The zero-order valence-corrected chi connectivity index (χ0v) is 13.1. The molecule has 0 amide bonds. The van der Waals surface area contributed by atoms with Crippen LogP contribution in [0.3, 0.4) is 0 Å². The normalized spacial score (nSPS) is 15.6. The Morgan fingerprint density at radius 2 is 1.50 bits per heavy atom. The van der Waals surface area contributed by atoms with Crippen molar-refractivity contribution in [2.24, 2.45) is 4.99 Å². The van der Waals surface area contributed by atoms with Gasteiger partial charge < -0.3 is 4.90 Å². The molecule has 0 bridgehead atoms. The molecular formula is C18H18N2OS. The number of rotatable bonds is 3. The summed E-state index contributed by atoms with van der Waals surface area (Å²) >= 11 is 1.92. The summed E-state index contributed by atoms with van der Waals surface area (Å²) in [6.45, 7) is 1.74. The molecule has 0 aromatic heterocycles. The Morgan fingerprint density at radius 1 is 0.909 bits per heavy atom. The highest BCUT2D eigenvalue weighted by Crippen LogP contribution is 2.17. The third-order valence-electron chi connectivity index (χ3n) is 3.54. The predicted molar refractivity (Wildman–Crippen MR) is 93.2 cm³/mol. The summed E-state index contributed by atoms with van der Waals surface area (Å²) in [5.41, 5.74) is 1.51. The van der Waals surface area contributed by atoms with Gasteiger partial charge in [-0.3, -0.25) is 4.79 Å². The molecule has 0 spiro atoms. The molecule has 3 rings (SSSR count). The molecule has 2 aromatic carbocycles. The second-order valence-electron chi connectivity index (χ2n) is 5.07. The standard InChI is InChI=1S/C18H18N2OS/c21-17(15-7-3-1-4-8-15)18(20-11-13-22-14-12-20)19-16-9-5-2-6-10-16/h1-10H,11-14H2. The van der Waals surface area contributed by atoms with Gasteiger partial charge in [-0.25, -0.2) is 4.99 Å². The van der Waals surface area contributed by atoms with Gasteiger partial charge >= 0.3 is 0 Å². The summed E-state index contributed by atoms with van der Waals surface area (Å²) < 4.78 is 0. The van der Waals surface area contributed by atoms with Crippen molar-refractivity contribution in [1.82, 2.24) is 4.90 Å². The zero-order valence-electron chi connectivity index (χ0n) is 12.3. The zero-order chi connectivity index (χ0) is 15.2. The van der Waals surface area contributed by atoms with Gasteiger partial charge in [-0.1, -0.05) is 48.5 Å². The minimum atomic E-state index is -0.00338. The SMILES string of the molecule is O=C(C(=Nc1ccccc1)N1CCSCC1)c1ccccc1. The fourth-order valence-corrected chi connectivity index (χ4v) is 3.29. The number of benzene rings is 2. The molecule has 1 aliphatic heterocycles. The number of ketones is 1. The van der Waals surface area contributed by atoms with Crippen molar-refractivity contribution in [3.63, 3.8) is 0 Å². The Hall–Kier alpha value is -2.07. The predicted octanol–water partition coefficient (Wildman–Crippen LogP) is 3.65. The van der Waals surface area contributed by atoms with Crippen molar-refractivity contribution in [3.05, 3.63) is 66.2 Å². The molecule has 1 heterocycles. The maximum Gasteiger partial charge on any atom is 0.228 e. The molecule has 0 atom stereocenters. The summed E-state index contributed by atoms with van der Waals surface area (Å²) in [6, 6.07) is 19.1. The molecule has 3 nitrogen and oxygen atoms in total. The Balaban J connectivity index is 1.95. The van der Waals surface area contributed by atoms with Crippen molar-refractivity contribution in [2.75, 3.05) is 24.6 Å². The van der Waals surface area contributed by atoms with E-state index >= 15 is 0 Å². The number of amidine groups is 1. The van der Waals surface area contributed by atoms with E-state index in [0.717, 1.165) is 30.3 Å². The van der Waals surface area contributed by atoms with Gasteiger partial charge in [0.2, 0.25) is 5.78 Å². The van der Waals surface area contributed by atoms with E-state index in [4.69, 9.17) is 0 Å². The number of Topliss-reactive ketones (excluding diaryl/α,β-unsaturated/α-hetero) is 1. The fourth-order valence-electron chi connectivity index (χ4n) is 2.38. The largest absolute Gasteiger partial charge is 0.352 e. The molecular weight excluding hydrogens is 292 g/mol. The average molecular weight is 310 g/mol. The molecule has 0 radical (unpaired) electrons. The molecule has 22 heavy (non-hydrogen) atoms. The summed E-state index contributed by atoms with van der Waals surface area (Å²) in [7, 11) is 0. The highest BCUT2D eigenvalue weighted by atomic mass is 32.2. The minimum Gasteiger partial charge on any atom is -0.352 e. The van der Waals surface area contributed by atoms with E-state index in [1.54, 1.807) is 0 Å². The first-order valence-corrected chi connectivity index (χ1v) is 8.56. The van der Waals surface area contributed by atoms with E-state index in [-0.39, 0.29) is 5.78 Å². The first-order valence-electron chi connectivity index (χ1n) is 7.41. The molecule has 0 unspecified atom stereocenters. The second kappa shape index (κ2) is 7.27. The van der Waals surface area contributed by atoms with Gasteiger partial charge in [0.1, 0.15) is 0 Å². The van der Waals surface area contributed by atoms with Gasteiger partial charge in [0, 0.05) is 30.2 Å². The number of hydrogen-bond acceptors (Lipinski definition) is 3. The topological polar surface area (TPSA) is 32.7 Å². The third kappa shape index (κ3) is 3.57. The van der Waals surface area contributed by atoms with Gasteiger partial charge in [-0.2, -0.15) is 11.8 Å².